The zero-order chi connectivity index (χ0) is 17.5. The molecule has 1 fully saturated rings. The number of carbonyl (C=O) groups is 1. The maximum Gasteiger partial charge on any atom is 0.226 e. The van der Waals surface area contributed by atoms with E-state index in [1.54, 1.807) is 0 Å². The summed E-state index contributed by atoms with van der Waals surface area (Å²) in [4.78, 5) is 16.8. The third kappa shape index (κ3) is 5.07. The van der Waals surface area contributed by atoms with Gasteiger partial charge in [0.1, 0.15) is 5.75 Å². The molecule has 1 aliphatic rings. The second kappa shape index (κ2) is 8.67. The SMILES string of the molecule is CC1CN(C(=O)CCOc2ccccc2)CCN1Cc1ccccc1. The standard InChI is InChI=1S/C21H26N2O2/c1-18-16-23(14-13-22(18)17-19-8-4-2-5-9-19)21(24)12-15-25-20-10-6-3-7-11-20/h2-11,18H,12-17H2,1H3. The molecule has 132 valence electrons. The minimum Gasteiger partial charge on any atom is -0.493 e. The van der Waals surface area contributed by atoms with Crippen molar-refractivity contribution in [3.8, 4) is 5.75 Å². The molecule has 4 nitrogen and oxygen atoms in total. The summed E-state index contributed by atoms with van der Waals surface area (Å²) in [6, 6.07) is 20.5. The molecule has 0 bridgehead atoms. The lowest BCUT2D eigenvalue weighted by molar-refractivity contribution is -0.134. The Labute approximate surface area is 150 Å². The number of hydrogen-bond acceptors (Lipinski definition) is 3. The molecule has 1 amide bonds. The number of hydrogen-bond donors (Lipinski definition) is 0. The number of amides is 1. The van der Waals surface area contributed by atoms with Crippen LogP contribution in [0.3, 0.4) is 0 Å². The first-order chi connectivity index (χ1) is 12.2. The Hall–Kier alpha value is -2.33. The Morgan fingerprint density at radius 1 is 1.04 bits per heavy atom. The summed E-state index contributed by atoms with van der Waals surface area (Å²) in [7, 11) is 0. The van der Waals surface area contributed by atoms with Crippen molar-refractivity contribution in [2.75, 3.05) is 26.2 Å². The number of ether oxygens (including phenoxy) is 1. The number of benzene rings is 2. The summed E-state index contributed by atoms with van der Waals surface area (Å²) >= 11 is 0. The van der Waals surface area contributed by atoms with E-state index in [-0.39, 0.29) is 5.91 Å². The predicted molar refractivity (Wildman–Crippen MR) is 99.4 cm³/mol. The number of nitrogens with zero attached hydrogens (tertiary/aromatic N) is 2. The fourth-order valence-corrected chi connectivity index (χ4v) is 3.21. The van der Waals surface area contributed by atoms with Crippen LogP contribution in [0.15, 0.2) is 60.7 Å². The number of rotatable bonds is 6. The van der Waals surface area contributed by atoms with Gasteiger partial charge in [0.05, 0.1) is 13.0 Å². The monoisotopic (exact) mass is 338 g/mol. The zero-order valence-electron chi connectivity index (χ0n) is 14.8. The van der Waals surface area contributed by atoms with Gasteiger partial charge in [-0.25, -0.2) is 0 Å². The summed E-state index contributed by atoms with van der Waals surface area (Å²) < 4.78 is 5.64. The summed E-state index contributed by atoms with van der Waals surface area (Å²) in [5.74, 6) is 0.999. The van der Waals surface area contributed by atoms with Crippen molar-refractivity contribution in [1.82, 2.24) is 9.80 Å². The van der Waals surface area contributed by atoms with E-state index >= 15 is 0 Å². The van der Waals surface area contributed by atoms with Crippen molar-refractivity contribution in [1.29, 1.82) is 0 Å². The van der Waals surface area contributed by atoms with E-state index in [4.69, 9.17) is 4.74 Å². The van der Waals surface area contributed by atoms with E-state index in [9.17, 15) is 4.79 Å². The Kier molecular flexibility index (Phi) is 6.07. The van der Waals surface area contributed by atoms with E-state index in [0.717, 1.165) is 31.9 Å². The zero-order valence-corrected chi connectivity index (χ0v) is 14.8. The average Bonchev–Trinajstić information content (AvgIpc) is 2.65. The van der Waals surface area contributed by atoms with Crippen LogP contribution in [0.5, 0.6) is 5.75 Å². The summed E-state index contributed by atoms with van der Waals surface area (Å²) in [5, 5.41) is 0. The van der Waals surface area contributed by atoms with E-state index in [1.165, 1.54) is 5.56 Å². The molecule has 0 saturated carbocycles. The highest BCUT2D eigenvalue weighted by atomic mass is 16.5. The van der Waals surface area contributed by atoms with Crippen LogP contribution < -0.4 is 4.74 Å². The first-order valence-corrected chi connectivity index (χ1v) is 8.96. The van der Waals surface area contributed by atoms with Crippen LogP contribution in [0.1, 0.15) is 18.9 Å². The van der Waals surface area contributed by atoms with Gasteiger partial charge in [-0.15, -0.1) is 0 Å². The molecule has 0 aromatic heterocycles. The van der Waals surface area contributed by atoms with E-state index in [2.05, 4.69) is 36.1 Å². The molecular weight excluding hydrogens is 312 g/mol. The number of carbonyl (C=O) groups excluding carboxylic acids is 1. The van der Waals surface area contributed by atoms with Gasteiger partial charge in [-0.1, -0.05) is 48.5 Å². The Morgan fingerprint density at radius 2 is 1.72 bits per heavy atom. The molecule has 3 rings (SSSR count). The van der Waals surface area contributed by atoms with Crippen LogP contribution in [0.2, 0.25) is 0 Å². The minimum absolute atomic E-state index is 0.183. The highest BCUT2D eigenvalue weighted by Crippen LogP contribution is 2.15. The van der Waals surface area contributed by atoms with Crippen molar-refractivity contribution in [2.24, 2.45) is 0 Å². The van der Waals surface area contributed by atoms with E-state index < -0.39 is 0 Å². The van der Waals surface area contributed by atoms with Crippen LogP contribution in [0.4, 0.5) is 0 Å². The highest BCUT2D eigenvalue weighted by molar-refractivity contribution is 5.76. The molecule has 1 aliphatic heterocycles. The second-order valence-electron chi connectivity index (χ2n) is 6.56. The molecule has 1 unspecified atom stereocenters. The third-order valence-corrected chi connectivity index (χ3v) is 4.67. The molecule has 0 aliphatic carbocycles. The highest BCUT2D eigenvalue weighted by Gasteiger charge is 2.26. The lowest BCUT2D eigenvalue weighted by Gasteiger charge is -2.40. The topological polar surface area (TPSA) is 32.8 Å². The maximum atomic E-state index is 12.4. The average molecular weight is 338 g/mol. The molecule has 0 radical (unpaired) electrons. The van der Waals surface area contributed by atoms with Gasteiger partial charge in [-0.2, -0.15) is 0 Å². The van der Waals surface area contributed by atoms with Crippen LogP contribution in [0, 0.1) is 0 Å². The van der Waals surface area contributed by atoms with Crippen LogP contribution >= 0.6 is 0 Å². The van der Waals surface area contributed by atoms with Gasteiger partial charge in [0, 0.05) is 32.2 Å². The Bertz CT molecular complexity index is 660. The van der Waals surface area contributed by atoms with Gasteiger partial charge in [-0.3, -0.25) is 9.69 Å². The van der Waals surface area contributed by atoms with Gasteiger partial charge >= 0.3 is 0 Å². The van der Waals surface area contributed by atoms with Gasteiger partial charge in [0.25, 0.3) is 0 Å². The normalized spacial score (nSPS) is 18.1. The Morgan fingerprint density at radius 3 is 2.40 bits per heavy atom. The lowest BCUT2D eigenvalue weighted by Crippen LogP contribution is -2.53. The molecule has 0 spiro atoms. The van der Waals surface area contributed by atoms with Crippen LogP contribution in [0.25, 0.3) is 0 Å². The van der Waals surface area contributed by atoms with Gasteiger partial charge in [-0.05, 0) is 24.6 Å². The smallest absolute Gasteiger partial charge is 0.226 e. The number of para-hydroxylation sites is 1. The van der Waals surface area contributed by atoms with Crippen molar-refractivity contribution < 1.29 is 9.53 Å². The summed E-state index contributed by atoms with van der Waals surface area (Å²) in [6.07, 6.45) is 0.431. The van der Waals surface area contributed by atoms with Gasteiger partial charge in [0.15, 0.2) is 0 Å². The molecule has 25 heavy (non-hydrogen) atoms. The molecule has 1 heterocycles. The minimum atomic E-state index is 0.183. The number of piperazine rings is 1. The molecule has 1 saturated heterocycles. The fourth-order valence-electron chi connectivity index (χ4n) is 3.21. The first-order valence-electron chi connectivity index (χ1n) is 8.96. The molecule has 2 aromatic carbocycles. The first kappa shape index (κ1) is 17.5. The van der Waals surface area contributed by atoms with Crippen LogP contribution in [-0.4, -0.2) is 48.0 Å². The summed E-state index contributed by atoms with van der Waals surface area (Å²) in [5.41, 5.74) is 1.32. The molecule has 0 N–H and O–H groups in total. The predicted octanol–water partition coefficient (Wildman–Crippen LogP) is 3.19. The summed E-state index contributed by atoms with van der Waals surface area (Å²) in [6.45, 7) is 6.07. The van der Waals surface area contributed by atoms with Gasteiger partial charge in [0.2, 0.25) is 5.91 Å². The lowest BCUT2D eigenvalue weighted by atomic mass is 10.1. The largest absolute Gasteiger partial charge is 0.493 e. The quantitative estimate of drug-likeness (QED) is 0.811. The molecule has 4 heteroatoms. The molecule has 1 atom stereocenters. The van der Waals surface area contributed by atoms with Crippen molar-refractivity contribution in [2.45, 2.75) is 25.9 Å². The third-order valence-electron chi connectivity index (χ3n) is 4.67. The second-order valence-corrected chi connectivity index (χ2v) is 6.56. The fraction of sp³-hybridized carbons (Fsp3) is 0.381. The Balaban J connectivity index is 1.43. The van der Waals surface area contributed by atoms with E-state index in [1.807, 2.05) is 41.3 Å². The molecular formula is C21H26N2O2. The van der Waals surface area contributed by atoms with Crippen molar-refractivity contribution in [3.63, 3.8) is 0 Å². The van der Waals surface area contributed by atoms with Crippen molar-refractivity contribution >= 4 is 5.91 Å². The maximum absolute atomic E-state index is 12.4. The molecule has 2 aromatic rings. The van der Waals surface area contributed by atoms with Crippen molar-refractivity contribution in [3.05, 3.63) is 66.2 Å². The van der Waals surface area contributed by atoms with Crippen LogP contribution in [-0.2, 0) is 11.3 Å². The van der Waals surface area contributed by atoms with Gasteiger partial charge < -0.3 is 9.64 Å². The van der Waals surface area contributed by atoms with E-state index in [0.29, 0.717) is 19.1 Å².